The molecule has 0 aromatic rings. The molecule has 39 heavy (non-hydrogen) atoms. The zero-order chi connectivity index (χ0) is 27.1. The molecule has 0 aromatic carbocycles. The summed E-state index contributed by atoms with van der Waals surface area (Å²) in [6, 6.07) is 1.27. The fourth-order valence-corrected chi connectivity index (χ4v) is 10.3. The lowest BCUT2D eigenvalue weighted by molar-refractivity contribution is -0.131. The van der Waals surface area contributed by atoms with E-state index in [-0.39, 0.29) is 35.4 Å². The maximum absolute atomic E-state index is 15.6. The lowest BCUT2D eigenvalue weighted by Crippen LogP contribution is -2.62. The highest BCUT2D eigenvalue weighted by Gasteiger charge is 2.60. The van der Waals surface area contributed by atoms with E-state index in [0.29, 0.717) is 42.8 Å². The Bertz CT molecular complexity index is 891. The largest absolute Gasteiger partial charge is 0.352 e. The van der Waals surface area contributed by atoms with Crippen LogP contribution in [0.15, 0.2) is 0 Å². The number of alkyl halides is 1. The van der Waals surface area contributed by atoms with Gasteiger partial charge in [-0.25, -0.2) is 4.39 Å². The fraction of sp³-hybridized carbons (Fsp3) is 0.938. The molecule has 6 aliphatic rings. The molecule has 2 amide bonds. The molecule has 3 aliphatic carbocycles. The minimum absolute atomic E-state index is 0.0359. The van der Waals surface area contributed by atoms with Crippen LogP contribution in [0.1, 0.15) is 117 Å². The van der Waals surface area contributed by atoms with Crippen LogP contribution >= 0.6 is 0 Å². The van der Waals surface area contributed by atoms with Crippen LogP contribution in [0.5, 0.6) is 0 Å². The summed E-state index contributed by atoms with van der Waals surface area (Å²) in [5.41, 5.74) is -0.226. The van der Waals surface area contributed by atoms with Crippen LogP contribution in [-0.2, 0) is 9.59 Å². The summed E-state index contributed by atoms with van der Waals surface area (Å²) in [4.78, 5) is 30.4. The summed E-state index contributed by atoms with van der Waals surface area (Å²) in [6.45, 7) is 5.88. The minimum Gasteiger partial charge on any atom is -0.352 e. The van der Waals surface area contributed by atoms with Crippen LogP contribution in [0.4, 0.5) is 4.39 Å². The number of likely N-dealkylation sites (tertiary alicyclic amines) is 2. The first-order chi connectivity index (χ1) is 18.9. The van der Waals surface area contributed by atoms with Crippen molar-refractivity contribution in [3.05, 3.63) is 0 Å². The van der Waals surface area contributed by atoms with Crippen LogP contribution < -0.4 is 10.6 Å². The van der Waals surface area contributed by atoms with Gasteiger partial charge >= 0.3 is 0 Å². The lowest BCUT2D eigenvalue weighted by Gasteiger charge is -2.51. The first kappa shape index (κ1) is 27.9. The highest BCUT2D eigenvalue weighted by Crippen LogP contribution is 2.53. The van der Waals surface area contributed by atoms with Gasteiger partial charge in [-0.1, -0.05) is 45.4 Å². The van der Waals surface area contributed by atoms with Crippen molar-refractivity contribution in [1.82, 2.24) is 20.4 Å². The molecule has 0 aromatic heterocycles. The third kappa shape index (κ3) is 5.29. The predicted octanol–water partition coefficient (Wildman–Crippen LogP) is 4.95. The Kier molecular flexibility index (Phi) is 8.30. The van der Waals surface area contributed by atoms with E-state index >= 15 is 4.39 Å². The molecule has 3 heterocycles. The van der Waals surface area contributed by atoms with E-state index in [0.717, 1.165) is 45.2 Å². The summed E-state index contributed by atoms with van der Waals surface area (Å²) in [7, 11) is 0. The monoisotopic (exact) mass is 544 g/mol. The van der Waals surface area contributed by atoms with Gasteiger partial charge in [0.25, 0.3) is 0 Å². The molecule has 6 rings (SSSR count). The number of halogens is 1. The van der Waals surface area contributed by atoms with Crippen molar-refractivity contribution in [2.75, 3.05) is 13.1 Å². The molecule has 6 nitrogen and oxygen atoms in total. The average Bonchev–Trinajstić information content (AvgIpc) is 3.66. The second-order valence-corrected chi connectivity index (χ2v) is 14.3. The van der Waals surface area contributed by atoms with Crippen molar-refractivity contribution in [3.63, 3.8) is 0 Å². The van der Waals surface area contributed by atoms with Crippen molar-refractivity contribution < 1.29 is 14.0 Å². The van der Waals surface area contributed by atoms with Crippen molar-refractivity contribution >= 4 is 11.8 Å². The molecule has 9 atom stereocenters. The second kappa shape index (κ2) is 11.6. The van der Waals surface area contributed by atoms with Gasteiger partial charge in [0.2, 0.25) is 11.8 Å². The normalized spacial score (nSPS) is 43.9. The van der Waals surface area contributed by atoms with Gasteiger partial charge in [0, 0.05) is 55.6 Å². The van der Waals surface area contributed by atoms with Crippen LogP contribution in [0.25, 0.3) is 0 Å². The molecular weight excluding hydrogens is 491 g/mol. The van der Waals surface area contributed by atoms with Gasteiger partial charge in [0.05, 0.1) is 6.04 Å². The SMILES string of the molecule is CC(=O)N1CC2CC1CN2[C@H]1CCC[C@@H](NC(=O)C2CC3C(F)CCC(C)C3(C3CCCCCCCC3)N2)C1. The fourth-order valence-electron chi connectivity index (χ4n) is 10.3. The van der Waals surface area contributed by atoms with E-state index in [9.17, 15) is 9.59 Å². The van der Waals surface area contributed by atoms with Gasteiger partial charge in [-0.15, -0.1) is 0 Å². The molecule has 3 saturated heterocycles. The number of amides is 2. The Morgan fingerprint density at radius 2 is 1.56 bits per heavy atom. The maximum Gasteiger partial charge on any atom is 0.237 e. The van der Waals surface area contributed by atoms with Crippen molar-refractivity contribution in [2.45, 2.75) is 159 Å². The maximum atomic E-state index is 15.6. The molecule has 7 heteroatoms. The molecule has 220 valence electrons. The zero-order valence-corrected chi connectivity index (χ0v) is 24.5. The molecule has 7 unspecified atom stereocenters. The van der Waals surface area contributed by atoms with Gasteiger partial charge in [-0.2, -0.15) is 0 Å². The Morgan fingerprint density at radius 3 is 2.26 bits per heavy atom. The van der Waals surface area contributed by atoms with E-state index in [1.54, 1.807) is 6.92 Å². The Hall–Kier alpha value is -1.21. The smallest absolute Gasteiger partial charge is 0.237 e. The van der Waals surface area contributed by atoms with Crippen molar-refractivity contribution in [3.8, 4) is 0 Å². The zero-order valence-electron chi connectivity index (χ0n) is 24.5. The molecule has 2 bridgehead atoms. The topological polar surface area (TPSA) is 64.7 Å². The molecule has 3 aliphatic heterocycles. The van der Waals surface area contributed by atoms with Crippen molar-refractivity contribution in [2.24, 2.45) is 17.8 Å². The predicted molar refractivity (Wildman–Crippen MR) is 152 cm³/mol. The van der Waals surface area contributed by atoms with Gasteiger partial charge in [-0.05, 0) is 76.0 Å². The molecule has 3 saturated carbocycles. The molecule has 2 N–H and O–H groups in total. The van der Waals surface area contributed by atoms with Crippen LogP contribution in [0.2, 0.25) is 0 Å². The summed E-state index contributed by atoms with van der Waals surface area (Å²) in [6.07, 6.45) is 17.0. The number of nitrogens with zero attached hydrogens (tertiary/aromatic N) is 2. The van der Waals surface area contributed by atoms with E-state index in [2.05, 4.69) is 27.4 Å². The summed E-state index contributed by atoms with van der Waals surface area (Å²) in [5.74, 6) is 1.18. The molecule has 0 radical (unpaired) electrons. The summed E-state index contributed by atoms with van der Waals surface area (Å²) in [5, 5.41) is 7.38. The standard InChI is InChI=1S/C32H53FN4O2/c1-21-14-15-29(33)28-18-30(35-32(21,28)23-10-7-5-3-4-6-8-11-23)31(39)34-24-12-9-13-25(16-24)37-20-26-17-27(37)19-36(26)22(2)38/h21,23-30,35H,3-20H2,1-2H3,(H,34,39)/t21?,24-,25+,26?,27?,28?,29?,30?,32?/m1/s1. The molecular formula is C32H53FN4O2. The number of piperazine rings is 1. The molecule has 6 fully saturated rings. The summed E-state index contributed by atoms with van der Waals surface area (Å²) < 4.78 is 15.6. The Labute approximate surface area is 235 Å². The molecule has 0 spiro atoms. The van der Waals surface area contributed by atoms with E-state index in [1.165, 1.54) is 57.8 Å². The van der Waals surface area contributed by atoms with Gasteiger partial charge in [0.15, 0.2) is 0 Å². The number of carbonyl (C=O) groups is 2. The number of rotatable bonds is 4. The van der Waals surface area contributed by atoms with E-state index in [1.807, 2.05) is 0 Å². The Morgan fingerprint density at radius 1 is 0.821 bits per heavy atom. The highest BCUT2D eigenvalue weighted by atomic mass is 19.1. The van der Waals surface area contributed by atoms with Crippen molar-refractivity contribution in [1.29, 1.82) is 0 Å². The number of hydrogen-bond donors (Lipinski definition) is 2. The van der Waals surface area contributed by atoms with E-state index in [4.69, 9.17) is 0 Å². The first-order valence-electron chi connectivity index (χ1n) is 16.6. The lowest BCUT2D eigenvalue weighted by atomic mass is 9.59. The van der Waals surface area contributed by atoms with Crippen LogP contribution in [0, 0.1) is 17.8 Å². The summed E-state index contributed by atoms with van der Waals surface area (Å²) >= 11 is 0. The number of hydrogen-bond acceptors (Lipinski definition) is 4. The van der Waals surface area contributed by atoms with Gasteiger partial charge < -0.3 is 10.2 Å². The van der Waals surface area contributed by atoms with Crippen LogP contribution in [-0.4, -0.2) is 76.6 Å². The van der Waals surface area contributed by atoms with E-state index < -0.39 is 6.17 Å². The third-order valence-electron chi connectivity index (χ3n) is 12.2. The van der Waals surface area contributed by atoms with Gasteiger partial charge in [0.1, 0.15) is 6.17 Å². The Balaban J connectivity index is 1.11. The third-order valence-corrected chi connectivity index (χ3v) is 12.2. The number of fused-ring (bicyclic) bond motifs is 3. The number of carbonyl (C=O) groups excluding carboxylic acids is 2. The minimum atomic E-state index is -0.793. The van der Waals surface area contributed by atoms with Gasteiger partial charge in [-0.3, -0.25) is 19.8 Å². The quantitative estimate of drug-likeness (QED) is 0.526. The highest BCUT2D eigenvalue weighted by molar-refractivity contribution is 5.82. The average molecular weight is 545 g/mol. The number of nitrogens with one attached hydrogen (secondary N) is 2. The first-order valence-corrected chi connectivity index (χ1v) is 16.6. The second-order valence-electron chi connectivity index (χ2n) is 14.3. The van der Waals surface area contributed by atoms with Crippen LogP contribution in [0.3, 0.4) is 0 Å².